The number of carbonyl (C=O) groups excluding carboxylic acids is 6. The van der Waals surface area contributed by atoms with Gasteiger partial charge in [-0.25, -0.2) is 14.5 Å². The zero-order valence-electron chi connectivity index (χ0n) is 35.5. The molecule has 0 unspecified atom stereocenters. The molecule has 3 atom stereocenters. The van der Waals surface area contributed by atoms with Gasteiger partial charge in [0.1, 0.15) is 23.7 Å². The molecular weight excluding hydrogens is 765 g/mol. The molecule has 15 nitrogen and oxygen atoms in total. The van der Waals surface area contributed by atoms with Gasteiger partial charge in [-0.3, -0.25) is 19.2 Å². The second kappa shape index (κ2) is 21.7. The molecule has 1 aromatic heterocycles. The smallest absolute Gasteiger partial charge is 0.408 e. The number of aryl methyl sites for hydroxylation is 1. The van der Waals surface area contributed by atoms with Crippen molar-refractivity contribution in [2.75, 3.05) is 32.5 Å². The maximum atomic E-state index is 15.1. The van der Waals surface area contributed by atoms with E-state index in [1.54, 1.807) is 59.1 Å². The van der Waals surface area contributed by atoms with E-state index in [0.29, 0.717) is 30.6 Å². The number of primary amides is 1. The first-order valence-electron chi connectivity index (χ1n) is 20.3. The molecule has 60 heavy (non-hydrogen) atoms. The molecule has 1 heterocycles. The average Bonchev–Trinajstić information content (AvgIpc) is 3.61. The van der Waals surface area contributed by atoms with Gasteiger partial charge < -0.3 is 41.6 Å². The summed E-state index contributed by atoms with van der Waals surface area (Å²) >= 11 is 0. The van der Waals surface area contributed by atoms with Gasteiger partial charge in [-0.2, -0.15) is 0 Å². The molecule has 7 N–H and O–H groups in total. The van der Waals surface area contributed by atoms with E-state index in [2.05, 4.69) is 15.6 Å². The monoisotopic (exact) mass is 824 g/mol. The first kappa shape index (κ1) is 46.5. The van der Waals surface area contributed by atoms with Gasteiger partial charge in [-0.1, -0.05) is 66.7 Å². The lowest BCUT2D eigenvalue weighted by Gasteiger charge is -2.35. The third kappa shape index (κ3) is 13.1. The number of amides is 7. The average molecular weight is 825 g/mol. The fraction of sp³-hybridized carbons (Fsp3) is 0.422. The van der Waals surface area contributed by atoms with Crippen LogP contribution in [-0.2, 0) is 36.8 Å². The number of para-hydroxylation sites is 2. The van der Waals surface area contributed by atoms with E-state index in [4.69, 9.17) is 16.2 Å². The summed E-state index contributed by atoms with van der Waals surface area (Å²) in [5.41, 5.74) is 14.2. The number of alkyl carbamates (subject to hydrolysis) is 1. The molecule has 0 bridgehead atoms. The molecule has 0 radical (unpaired) electrons. The van der Waals surface area contributed by atoms with E-state index in [9.17, 15) is 24.0 Å². The summed E-state index contributed by atoms with van der Waals surface area (Å²) in [5.74, 6) is -2.36. The highest BCUT2D eigenvalue weighted by atomic mass is 16.6. The van der Waals surface area contributed by atoms with Crippen molar-refractivity contribution in [2.45, 2.75) is 96.4 Å². The Morgan fingerprint density at radius 1 is 0.817 bits per heavy atom. The topological polar surface area (TPSA) is 213 Å². The Hall–Kier alpha value is -6.22. The van der Waals surface area contributed by atoms with Gasteiger partial charge in [-0.05, 0) is 88.7 Å². The number of aromatic nitrogens is 1. The Balaban J connectivity index is 1.65. The van der Waals surface area contributed by atoms with E-state index in [-0.39, 0.29) is 44.6 Å². The van der Waals surface area contributed by atoms with Crippen molar-refractivity contribution in [2.24, 2.45) is 11.5 Å². The standard InChI is InChI=1S/C45H60N8O7/c1-30-17-10-12-21-34(30)49-43(58)53(41(56)36(50-44(59)60-45(2,3)4)28-32-29-48-35-22-13-11-20-33(32)35)37(23-14-15-25-46)42(57)51(5)26-16-24-39(54)52(6)38(40(47)55)27-31-18-8-7-9-19-31/h7-13,17-22,29,36-38,48H,14-16,23-28,46H2,1-6H3,(H2,47,55)(H,49,58)(H,50,59)/t36-,37-,38-/m0/s1. The van der Waals surface area contributed by atoms with Crippen molar-refractivity contribution in [1.29, 1.82) is 0 Å². The highest BCUT2D eigenvalue weighted by Crippen LogP contribution is 2.24. The second-order valence-electron chi connectivity index (χ2n) is 16.0. The van der Waals surface area contributed by atoms with Crippen molar-refractivity contribution in [1.82, 2.24) is 25.0 Å². The first-order valence-corrected chi connectivity index (χ1v) is 20.3. The molecule has 0 aliphatic heterocycles. The number of aromatic amines is 1. The minimum absolute atomic E-state index is 0.00650. The molecule has 0 fully saturated rings. The third-order valence-corrected chi connectivity index (χ3v) is 10.2. The largest absolute Gasteiger partial charge is 0.444 e. The van der Waals surface area contributed by atoms with Crippen LogP contribution in [0.3, 0.4) is 0 Å². The highest BCUT2D eigenvalue weighted by Gasteiger charge is 2.40. The number of nitrogens with one attached hydrogen (secondary N) is 3. The number of ether oxygens (including phenoxy) is 1. The van der Waals surface area contributed by atoms with Crippen LogP contribution in [0.4, 0.5) is 15.3 Å². The van der Waals surface area contributed by atoms with Crippen LogP contribution in [0.5, 0.6) is 0 Å². The Labute approximate surface area is 352 Å². The van der Waals surface area contributed by atoms with Gasteiger partial charge in [0.2, 0.25) is 17.7 Å². The fourth-order valence-electron chi connectivity index (χ4n) is 6.91. The zero-order chi connectivity index (χ0) is 44.0. The van der Waals surface area contributed by atoms with Gasteiger partial charge in [0, 0.05) is 62.7 Å². The molecule has 0 saturated carbocycles. The molecule has 0 aliphatic carbocycles. The molecule has 322 valence electrons. The number of urea groups is 1. The fourth-order valence-corrected chi connectivity index (χ4v) is 6.91. The molecule has 3 aromatic carbocycles. The predicted octanol–water partition coefficient (Wildman–Crippen LogP) is 5.26. The third-order valence-electron chi connectivity index (χ3n) is 10.2. The minimum atomic E-state index is -1.35. The van der Waals surface area contributed by atoms with Crippen LogP contribution in [-0.4, -0.2) is 106 Å². The Bertz CT molecular complexity index is 2100. The number of nitrogens with zero attached hydrogens (tertiary/aromatic N) is 3. The number of benzene rings is 3. The number of hydrogen-bond donors (Lipinski definition) is 5. The number of likely N-dealkylation sites (N-methyl/N-ethyl adjacent to an activating group) is 2. The van der Waals surface area contributed by atoms with Crippen LogP contribution in [0, 0.1) is 6.92 Å². The predicted molar refractivity (Wildman–Crippen MR) is 232 cm³/mol. The molecule has 7 amide bonds. The van der Waals surface area contributed by atoms with Crippen LogP contribution in [0.1, 0.15) is 69.6 Å². The molecule has 0 saturated heterocycles. The minimum Gasteiger partial charge on any atom is -0.444 e. The van der Waals surface area contributed by atoms with Gasteiger partial charge in [0.25, 0.3) is 5.91 Å². The highest BCUT2D eigenvalue weighted by molar-refractivity contribution is 6.07. The maximum Gasteiger partial charge on any atom is 0.408 e. The van der Waals surface area contributed by atoms with E-state index in [0.717, 1.165) is 26.9 Å². The number of nitrogens with two attached hydrogens (primary N) is 2. The lowest BCUT2D eigenvalue weighted by Crippen LogP contribution is -2.60. The summed E-state index contributed by atoms with van der Waals surface area (Å²) in [4.78, 5) is 90.1. The number of hydrogen-bond acceptors (Lipinski definition) is 8. The Morgan fingerprint density at radius 3 is 2.15 bits per heavy atom. The Morgan fingerprint density at radius 2 is 1.48 bits per heavy atom. The van der Waals surface area contributed by atoms with Crippen LogP contribution in [0.15, 0.2) is 85.1 Å². The number of fused-ring (bicyclic) bond motifs is 1. The lowest BCUT2D eigenvalue weighted by atomic mass is 10.0. The van der Waals surface area contributed by atoms with Crippen molar-refractivity contribution < 1.29 is 33.5 Å². The summed E-state index contributed by atoms with van der Waals surface area (Å²) in [7, 11) is 3.07. The van der Waals surface area contributed by atoms with Crippen LogP contribution in [0.2, 0.25) is 0 Å². The summed E-state index contributed by atoms with van der Waals surface area (Å²) in [6.07, 6.45) is 2.26. The number of rotatable bonds is 19. The zero-order valence-corrected chi connectivity index (χ0v) is 35.5. The van der Waals surface area contributed by atoms with Crippen molar-refractivity contribution in [3.63, 3.8) is 0 Å². The summed E-state index contributed by atoms with van der Waals surface area (Å²) in [6.45, 7) is 7.28. The number of carbonyl (C=O) groups is 6. The lowest BCUT2D eigenvalue weighted by molar-refractivity contribution is -0.143. The molecule has 4 aromatic rings. The summed E-state index contributed by atoms with van der Waals surface area (Å²) in [5, 5.41) is 6.35. The quantitative estimate of drug-likeness (QED) is 0.0785. The van der Waals surface area contributed by atoms with Crippen LogP contribution >= 0.6 is 0 Å². The number of anilines is 1. The van der Waals surface area contributed by atoms with Crippen molar-refractivity contribution in [3.05, 3.63) is 102 Å². The second-order valence-corrected chi connectivity index (χ2v) is 16.0. The van der Waals surface area contributed by atoms with E-state index in [1.165, 1.54) is 16.8 Å². The maximum absolute atomic E-state index is 15.1. The van der Waals surface area contributed by atoms with Crippen LogP contribution in [0.25, 0.3) is 10.9 Å². The Kier molecular flexibility index (Phi) is 16.8. The number of H-pyrrole nitrogens is 1. The van der Waals surface area contributed by atoms with Gasteiger partial charge in [-0.15, -0.1) is 0 Å². The van der Waals surface area contributed by atoms with Gasteiger partial charge >= 0.3 is 12.1 Å². The molecule has 0 aliphatic rings. The van der Waals surface area contributed by atoms with Gasteiger partial charge in [0.05, 0.1) is 0 Å². The molecule has 4 rings (SSSR count). The number of imide groups is 1. The van der Waals surface area contributed by atoms with E-state index in [1.807, 2.05) is 60.7 Å². The van der Waals surface area contributed by atoms with Crippen LogP contribution < -0.4 is 22.1 Å². The van der Waals surface area contributed by atoms with Crippen molar-refractivity contribution in [3.8, 4) is 0 Å². The summed E-state index contributed by atoms with van der Waals surface area (Å²) < 4.78 is 5.57. The summed E-state index contributed by atoms with van der Waals surface area (Å²) in [6, 6.07) is 19.4. The normalized spacial score (nSPS) is 12.8. The molecule has 15 heteroatoms. The van der Waals surface area contributed by atoms with E-state index < -0.39 is 53.6 Å². The molecular formula is C45H60N8O7. The van der Waals surface area contributed by atoms with E-state index >= 15 is 4.79 Å². The number of unbranched alkanes of at least 4 members (excludes halogenated alkanes) is 1. The molecule has 0 spiro atoms. The van der Waals surface area contributed by atoms with Gasteiger partial charge in [0.15, 0.2) is 0 Å². The SMILES string of the molecule is Cc1ccccc1NC(=O)N(C(=O)[C@H](Cc1c[nH]c2ccccc12)NC(=O)OC(C)(C)C)[C@@H](CCCCN)C(=O)N(C)CCCC(=O)N(C)[C@@H](Cc1ccccc1)C(N)=O. The first-order chi connectivity index (χ1) is 28.5. The van der Waals surface area contributed by atoms with Crippen molar-refractivity contribution >= 4 is 52.3 Å².